The zero-order valence-corrected chi connectivity index (χ0v) is 21.4. The Bertz CT molecular complexity index is 1310. The molecule has 38 heavy (non-hydrogen) atoms. The molecule has 9 heteroatoms. The van der Waals surface area contributed by atoms with Crippen LogP contribution in [0.15, 0.2) is 42.5 Å². The summed E-state index contributed by atoms with van der Waals surface area (Å²) in [5.74, 6) is -1.41. The van der Waals surface area contributed by atoms with Gasteiger partial charge in [-0.05, 0) is 66.8 Å². The van der Waals surface area contributed by atoms with Crippen molar-refractivity contribution in [2.45, 2.75) is 76.5 Å². The Morgan fingerprint density at radius 3 is 2.66 bits per heavy atom. The summed E-state index contributed by atoms with van der Waals surface area (Å²) >= 11 is 0. The van der Waals surface area contributed by atoms with Crippen LogP contribution < -0.4 is 16.0 Å². The molecule has 0 spiro atoms. The van der Waals surface area contributed by atoms with Gasteiger partial charge in [-0.15, -0.1) is 0 Å². The molecule has 3 aliphatic rings. The molecule has 5 rings (SSSR count). The Labute approximate surface area is 221 Å². The van der Waals surface area contributed by atoms with Crippen LogP contribution in [-0.4, -0.2) is 46.5 Å². The molecular weight excluding hydrogens is 484 g/mol. The van der Waals surface area contributed by atoms with Gasteiger partial charge in [0.1, 0.15) is 12.1 Å². The summed E-state index contributed by atoms with van der Waals surface area (Å²) < 4.78 is 0. The fourth-order valence-electron chi connectivity index (χ4n) is 5.87. The van der Waals surface area contributed by atoms with Gasteiger partial charge in [0, 0.05) is 25.5 Å². The van der Waals surface area contributed by atoms with Crippen LogP contribution in [0.1, 0.15) is 77.7 Å². The van der Waals surface area contributed by atoms with Crippen molar-refractivity contribution < 1.29 is 24.0 Å². The van der Waals surface area contributed by atoms with E-state index in [-0.39, 0.29) is 36.1 Å². The molecule has 5 amide bonds. The van der Waals surface area contributed by atoms with Gasteiger partial charge in [-0.3, -0.25) is 29.3 Å². The number of fused-ring (bicyclic) bond motifs is 2. The van der Waals surface area contributed by atoms with E-state index >= 15 is 0 Å². The van der Waals surface area contributed by atoms with Crippen LogP contribution in [-0.2, 0) is 38.6 Å². The fraction of sp³-hybridized carbons (Fsp3) is 0.414. The fourth-order valence-corrected chi connectivity index (χ4v) is 5.87. The SMILES string of the molecule is CC(=O)N[C@@H](CCCc1cccc2c1CN(C1CCC(=O)NC1=O)C2=O)C(=O)N[C@H]1CCc2ccccc21. The molecule has 9 nitrogen and oxygen atoms in total. The second kappa shape index (κ2) is 10.8. The molecule has 3 atom stereocenters. The molecule has 0 bridgehead atoms. The van der Waals surface area contributed by atoms with Crippen molar-refractivity contribution >= 4 is 29.5 Å². The third-order valence-corrected chi connectivity index (χ3v) is 7.76. The molecule has 3 N–H and O–H groups in total. The van der Waals surface area contributed by atoms with Crippen molar-refractivity contribution in [1.82, 2.24) is 20.9 Å². The predicted octanol–water partition coefficient (Wildman–Crippen LogP) is 2.08. The van der Waals surface area contributed by atoms with Crippen LogP contribution in [0.5, 0.6) is 0 Å². The highest BCUT2D eigenvalue weighted by Crippen LogP contribution is 2.32. The van der Waals surface area contributed by atoms with Gasteiger partial charge in [-0.25, -0.2) is 0 Å². The minimum atomic E-state index is -0.658. The lowest BCUT2D eigenvalue weighted by molar-refractivity contribution is -0.137. The van der Waals surface area contributed by atoms with E-state index in [0.29, 0.717) is 37.8 Å². The molecule has 2 aromatic rings. The van der Waals surface area contributed by atoms with Crippen LogP contribution in [0.25, 0.3) is 0 Å². The Hall–Kier alpha value is -4.01. The Morgan fingerprint density at radius 1 is 1.05 bits per heavy atom. The van der Waals surface area contributed by atoms with E-state index < -0.39 is 18.0 Å². The molecule has 198 valence electrons. The van der Waals surface area contributed by atoms with Crippen molar-refractivity contribution in [2.24, 2.45) is 0 Å². The first-order valence-electron chi connectivity index (χ1n) is 13.2. The molecule has 1 saturated heterocycles. The highest BCUT2D eigenvalue weighted by molar-refractivity contribution is 6.05. The van der Waals surface area contributed by atoms with Crippen molar-refractivity contribution in [3.63, 3.8) is 0 Å². The van der Waals surface area contributed by atoms with Crippen LogP contribution >= 0.6 is 0 Å². The summed E-state index contributed by atoms with van der Waals surface area (Å²) in [6.45, 7) is 1.72. The van der Waals surface area contributed by atoms with E-state index in [9.17, 15) is 24.0 Å². The molecule has 1 fully saturated rings. The third kappa shape index (κ3) is 5.18. The number of rotatable bonds is 8. The molecule has 0 radical (unpaired) electrons. The maximum Gasteiger partial charge on any atom is 0.255 e. The summed E-state index contributed by atoms with van der Waals surface area (Å²) in [7, 11) is 0. The average molecular weight is 517 g/mol. The van der Waals surface area contributed by atoms with Gasteiger partial charge in [0.2, 0.25) is 23.6 Å². The predicted molar refractivity (Wildman–Crippen MR) is 139 cm³/mol. The molecule has 0 aromatic heterocycles. The monoisotopic (exact) mass is 516 g/mol. The number of nitrogens with one attached hydrogen (secondary N) is 3. The number of amides is 5. The van der Waals surface area contributed by atoms with Crippen LogP contribution in [0.4, 0.5) is 0 Å². The van der Waals surface area contributed by atoms with E-state index in [1.165, 1.54) is 12.5 Å². The highest BCUT2D eigenvalue weighted by Gasteiger charge is 2.39. The topological polar surface area (TPSA) is 125 Å². The van der Waals surface area contributed by atoms with Gasteiger partial charge in [0.25, 0.3) is 5.91 Å². The lowest BCUT2D eigenvalue weighted by Crippen LogP contribution is -2.52. The zero-order valence-electron chi connectivity index (χ0n) is 21.4. The molecule has 0 saturated carbocycles. The number of benzene rings is 2. The van der Waals surface area contributed by atoms with Crippen molar-refractivity contribution in [3.05, 3.63) is 70.3 Å². The standard InChI is InChI=1S/C29H32N4O5/c1-17(34)30-24(27(36)31-23-13-12-19-6-2-3-9-20(19)23)11-5-8-18-7-4-10-21-22(18)16-33(29(21)38)25-14-15-26(35)32-28(25)37/h2-4,6-7,9-10,23-25H,5,8,11-16H2,1H3,(H,30,34)(H,31,36)(H,32,35,37)/t23-,24-,25?/m0/s1. The lowest BCUT2D eigenvalue weighted by Gasteiger charge is -2.29. The Morgan fingerprint density at radius 2 is 1.87 bits per heavy atom. The Balaban J connectivity index is 1.23. The van der Waals surface area contributed by atoms with E-state index in [0.717, 1.165) is 29.5 Å². The zero-order chi connectivity index (χ0) is 26.8. The second-order valence-corrected chi connectivity index (χ2v) is 10.3. The van der Waals surface area contributed by atoms with Gasteiger partial charge in [0.15, 0.2) is 0 Å². The average Bonchev–Trinajstić information content (AvgIpc) is 3.45. The smallest absolute Gasteiger partial charge is 0.255 e. The van der Waals surface area contributed by atoms with Gasteiger partial charge in [0.05, 0.1) is 6.04 Å². The van der Waals surface area contributed by atoms with Gasteiger partial charge in [-0.2, -0.15) is 0 Å². The van der Waals surface area contributed by atoms with Crippen LogP contribution in [0, 0.1) is 0 Å². The summed E-state index contributed by atoms with van der Waals surface area (Å²) in [6, 6.07) is 12.3. The van der Waals surface area contributed by atoms with Crippen LogP contribution in [0.3, 0.4) is 0 Å². The van der Waals surface area contributed by atoms with Crippen LogP contribution in [0.2, 0.25) is 0 Å². The first-order valence-corrected chi connectivity index (χ1v) is 13.2. The van der Waals surface area contributed by atoms with Crippen molar-refractivity contribution in [2.75, 3.05) is 0 Å². The first-order chi connectivity index (χ1) is 18.3. The first kappa shape index (κ1) is 25.6. The largest absolute Gasteiger partial charge is 0.347 e. The molecule has 2 aromatic carbocycles. The summed E-state index contributed by atoms with van der Waals surface area (Å²) in [6.07, 6.45) is 3.98. The number of hydrogen-bond acceptors (Lipinski definition) is 5. The summed E-state index contributed by atoms with van der Waals surface area (Å²) in [5.41, 5.74) is 4.81. The van der Waals surface area contributed by atoms with Crippen molar-refractivity contribution in [1.29, 1.82) is 0 Å². The van der Waals surface area contributed by atoms with E-state index in [4.69, 9.17) is 0 Å². The second-order valence-electron chi connectivity index (χ2n) is 10.3. The number of hydrogen-bond donors (Lipinski definition) is 3. The number of aryl methyl sites for hydroxylation is 2. The number of carbonyl (C=O) groups excluding carboxylic acids is 5. The highest BCUT2D eigenvalue weighted by atomic mass is 16.2. The third-order valence-electron chi connectivity index (χ3n) is 7.76. The quantitative estimate of drug-likeness (QED) is 0.464. The van der Waals surface area contributed by atoms with Gasteiger partial charge < -0.3 is 15.5 Å². The minimum absolute atomic E-state index is 0.0587. The van der Waals surface area contributed by atoms with E-state index in [1.54, 1.807) is 11.0 Å². The lowest BCUT2D eigenvalue weighted by atomic mass is 9.97. The van der Waals surface area contributed by atoms with Crippen molar-refractivity contribution in [3.8, 4) is 0 Å². The molecule has 1 aliphatic carbocycles. The maximum absolute atomic E-state index is 13.2. The normalized spacial score (nSPS) is 21.0. The van der Waals surface area contributed by atoms with E-state index in [2.05, 4.69) is 22.0 Å². The van der Waals surface area contributed by atoms with Gasteiger partial charge in [-0.1, -0.05) is 36.4 Å². The molecule has 1 unspecified atom stereocenters. The summed E-state index contributed by atoms with van der Waals surface area (Å²) in [5, 5.41) is 8.24. The maximum atomic E-state index is 13.2. The van der Waals surface area contributed by atoms with Gasteiger partial charge >= 0.3 is 0 Å². The Kier molecular flexibility index (Phi) is 7.26. The van der Waals surface area contributed by atoms with E-state index in [1.807, 2.05) is 30.3 Å². The summed E-state index contributed by atoms with van der Waals surface area (Å²) in [4.78, 5) is 63.5. The number of piperidine rings is 1. The molecule has 2 aliphatic heterocycles. The number of imide groups is 1. The minimum Gasteiger partial charge on any atom is -0.347 e. The number of nitrogens with zero attached hydrogens (tertiary/aromatic N) is 1. The number of carbonyl (C=O) groups is 5. The molecular formula is C29H32N4O5. The molecule has 2 heterocycles.